The van der Waals surface area contributed by atoms with E-state index in [1.165, 1.54) is 12.1 Å². The van der Waals surface area contributed by atoms with Crippen LogP contribution in [0.25, 0.3) is 0 Å². The second kappa shape index (κ2) is 4.48. The molecule has 15 heavy (non-hydrogen) atoms. The summed E-state index contributed by atoms with van der Waals surface area (Å²) >= 11 is 0. The summed E-state index contributed by atoms with van der Waals surface area (Å²) in [6.07, 6.45) is -4.45. The molecule has 0 aliphatic heterocycles. The number of hydrogen-bond acceptors (Lipinski definition) is 2. The molecule has 0 aliphatic rings. The molecule has 0 spiro atoms. The van der Waals surface area contributed by atoms with Crippen molar-refractivity contribution in [1.82, 2.24) is 0 Å². The number of alkyl halides is 3. The van der Waals surface area contributed by atoms with Gasteiger partial charge in [-0.1, -0.05) is 6.07 Å². The average Bonchev–Trinajstić information content (AvgIpc) is 2.13. The molecule has 0 fully saturated rings. The Labute approximate surface area is 83.6 Å². The van der Waals surface area contributed by atoms with Gasteiger partial charge in [0.05, 0.1) is 0 Å². The minimum absolute atomic E-state index is 0.0539. The van der Waals surface area contributed by atoms with E-state index in [1.54, 1.807) is 0 Å². The van der Waals surface area contributed by atoms with Gasteiger partial charge in [0.15, 0.2) is 6.61 Å². The molecule has 1 rings (SSSR count). The molecule has 0 saturated heterocycles. The lowest BCUT2D eigenvalue weighted by Gasteiger charge is -2.12. The Kier molecular flexibility index (Phi) is 3.52. The number of halogens is 4. The quantitative estimate of drug-likeness (QED) is 0.797. The predicted octanol–water partition coefficient (Wildman–Crippen LogP) is 2.23. The van der Waals surface area contributed by atoms with Crippen LogP contribution in [-0.4, -0.2) is 12.8 Å². The van der Waals surface area contributed by atoms with E-state index in [0.29, 0.717) is 0 Å². The Morgan fingerprint density at radius 3 is 2.47 bits per heavy atom. The molecule has 0 atom stereocenters. The largest absolute Gasteiger partial charge is 0.484 e. The molecule has 1 aromatic carbocycles. The van der Waals surface area contributed by atoms with Crippen LogP contribution in [0.1, 0.15) is 5.56 Å². The van der Waals surface area contributed by atoms with E-state index < -0.39 is 18.6 Å². The number of ether oxygens (including phenoxy) is 1. The Balaban J connectivity index is 2.81. The van der Waals surface area contributed by atoms with Crippen LogP contribution in [0.2, 0.25) is 0 Å². The van der Waals surface area contributed by atoms with Gasteiger partial charge < -0.3 is 10.5 Å². The Morgan fingerprint density at radius 2 is 1.93 bits per heavy atom. The van der Waals surface area contributed by atoms with Crippen LogP contribution < -0.4 is 10.5 Å². The van der Waals surface area contributed by atoms with Crippen LogP contribution in [0.5, 0.6) is 5.75 Å². The maximum Gasteiger partial charge on any atom is 0.422 e. The van der Waals surface area contributed by atoms with Crippen LogP contribution in [0.4, 0.5) is 17.6 Å². The monoisotopic (exact) mass is 223 g/mol. The standard InChI is InChI=1S/C9H9F4NO/c10-7-2-1-3-8(6(7)4-14)15-5-9(11,12)13/h1-3H,4-5,14H2. The van der Waals surface area contributed by atoms with E-state index in [4.69, 9.17) is 5.73 Å². The molecule has 2 N–H and O–H groups in total. The van der Waals surface area contributed by atoms with Crippen molar-refractivity contribution >= 4 is 0 Å². The first kappa shape index (κ1) is 11.8. The summed E-state index contributed by atoms with van der Waals surface area (Å²) in [6, 6.07) is 3.62. The van der Waals surface area contributed by atoms with Crippen LogP contribution in [0.15, 0.2) is 18.2 Å². The first-order valence-corrected chi connectivity index (χ1v) is 4.11. The minimum atomic E-state index is -4.45. The second-order valence-corrected chi connectivity index (χ2v) is 2.82. The lowest BCUT2D eigenvalue weighted by atomic mass is 10.2. The van der Waals surface area contributed by atoms with Crippen molar-refractivity contribution in [3.63, 3.8) is 0 Å². The molecule has 0 aliphatic carbocycles. The van der Waals surface area contributed by atoms with E-state index in [2.05, 4.69) is 4.74 Å². The van der Waals surface area contributed by atoms with Gasteiger partial charge >= 0.3 is 6.18 Å². The molecule has 0 aromatic heterocycles. The normalized spacial score (nSPS) is 11.5. The average molecular weight is 223 g/mol. The topological polar surface area (TPSA) is 35.2 Å². The molecular weight excluding hydrogens is 214 g/mol. The van der Waals surface area contributed by atoms with Gasteiger partial charge in [0.25, 0.3) is 0 Å². The zero-order valence-corrected chi connectivity index (χ0v) is 7.64. The fourth-order valence-electron chi connectivity index (χ4n) is 1.03. The summed E-state index contributed by atoms with van der Waals surface area (Å²) < 4.78 is 52.9. The number of nitrogens with two attached hydrogens (primary N) is 1. The molecule has 0 bridgehead atoms. The van der Waals surface area contributed by atoms with E-state index in [0.717, 1.165) is 6.07 Å². The van der Waals surface area contributed by atoms with Crippen molar-refractivity contribution in [2.45, 2.75) is 12.7 Å². The van der Waals surface area contributed by atoms with Crippen LogP contribution in [-0.2, 0) is 6.54 Å². The lowest BCUT2D eigenvalue weighted by Crippen LogP contribution is -2.20. The van der Waals surface area contributed by atoms with E-state index in [9.17, 15) is 17.6 Å². The summed E-state index contributed by atoms with van der Waals surface area (Å²) in [6.45, 7) is -1.66. The number of benzene rings is 1. The highest BCUT2D eigenvalue weighted by Gasteiger charge is 2.28. The van der Waals surface area contributed by atoms with Crippen LogP contribution in [0.3, 0.4) is 0 Å². The summed E-state index contributed by atoms with van der Waals surface area (Å²) in [5.74, 6) is -0.841. The van der Waals surface area contributed by atoms with Gasteiger partial charge in [-0.25, -0.2) is 4.39 Å². The van der Waals surface area contributed by atoms with Gasteiger partial charge in [-0.3, -0.25) is 0 Å². The summed E-state index contributed by atoms with van der Waals surface area (Å²) in [5.41, 5.74) is 5.14. The van der Waals surface area contributed by atoms with Gasteiger partial charge in [0.1, 0.15) is 11.6 Å². The third-order valence-corrected chi connectivity index (χ3v) is 1.67. The fourth-order valence-corrected chi connectivity index (χ4v) is 1.03. The van der Waals surface area contributed by atoms with Crippen molar-refractivity contribution in [3.8, 4) is 5.75 Å². The number of hydrogen-bond donors (Lipinski definition) is 1. The number of rotatable bonds is 3. The zero-order valence-electron chi connectivity index (χ0n) is 7.64. The molecule has 0 saturated carbocycles. The molecule has 0 unspecified atom stereocenters. The Hall–Kier alpha value is -1.30. The van der Waals surface area contributed by atoms with Crippen molar-refractivity contribution in [2.24, 2.45) is 5.73 Å². The SMILES string of the molecule is NCc1c(F)cccc1OCC(F)(F)F. The second-order valence-electron chi connectivity index (χ2n) is 2.82. The fraction of sp³-hybridized carbons (Fsp3) is 0.333. The minimum Gasteiger partial charge on any atom is -0.484 e. The smallest absolute Gasteiger partial charge is 0.422 e. The van der Waals surface area contributed by atoms with Crippen molar-refractivity contribution in [3.05, 3.63) is 29.6 Å². The van der Waals surface area contributed by atoms with E-state index in [-0.39, 0.29) is 17.9 Å². The highest BCUT2D eigenvalue weighted by atomic mass is 19.4. The lowest BCUT2D eigenvalue weighted by molar-refractivity contribution is -0.153. The zero-order chi connectivity index (χ0) is 11.5. The summed E-state index contributed by atoms with van der Waals surface area (Å²) in [4.78, 5) is 0. The molecule has 6 heteroatoms. The summed E-state index contributed by atoms with van der Waals surface area (Å²) in [7, 11) is 0. The van der Waals surface area contributed by atoms with E-state index in [1.807, 2.05) is 0 Å². The van der Waals surface area contributed by atoms with Gasteiger partial charge in [-0.05, 0) is 12.1 Å². The molecule has 1 aromatic rings. The van der Waals surface area contributed by atoms with E-state index >= 15 is 0 Å². The molecular formula is C9H9F4NO. The Morgan fingerprint density at radius 1 is 1.27 bits per heavy atom. The van der Waals surface area contributed by atoms with Gasteiger partial charge in [0.2, 0.25) is 0 Å². The summed E-state index contributed by atoms with van der Waals surface area (Å²) in [5, 5.41) is 0. The van der Waals surface area contributed by atoms with Gasteiger partial charge in [0, 0.05) is 12.1 Å². The van der Waals surface area contributed by atoms with Crippen LogP contribution >= 0.6 is 0 Å². The van der Waals surface area contributed by atoms with Crippen LogP contribution in [0, 0.1) is 5.82 Å². The van der Waals surface area contributed by atoms with Gasteiger partial charge in [-0.2, -0.15) is 13.2 Å². The molecule has 84 valence electrons. The first-order chi connectivity index (χ1) is 6.94. The first-order valence-electron chi connectivity index (χ1n) is 4.11. The van der Waals surface area contributed by atoms with Gasteiger partial charge in [-0.15, -0.1) is 0 Å². The Bertz CT molecular complexity index is 337. The van der Waals surface area contributed by atoms with Crippen molar-refractivity contribution in [1.29, 1.82) is 0 Å². The molecule has 0 amide bonds. The third kappa shape index (κ3) is 3.39. The highest BCUT2D eigenvalue weighted by Crippen LogP contribution is 2.23. The predicted molar refractivity (Wildman–Crippen MR) is 45.8 cm³/mol. The maximum atomic E-state index is 13.0. The maximum absolute atomic E-state index is 13.0. The van der Waals surface area contributed by atoms with Crippen molar-refractivity contribution < 1.29 is 22.3 Å². The third-order valence-electron chi connectivity index (χ3n) is 1.67. The molecule has 0 radical (unpaired) electrons. The molecule has 0 heterocycles. The van der Waals surface area contributed by atoms with Crippen molar-refractivity contribution in [2.75, 3.05) is 6.61 Å². The highest BCUT2D eigenvalue weighted by molar-refractivity contribution is 5.34. The molecule has 2 nitrogen and oxygen atoms in total.